The van der Waals surface area contributed by atoms with Crippen molar-refractivity contribution in [2.45, 2.75) is 26.7 Å². The van der Waals surface area contributed by atoms with Gasteiger partial charge in [0.05, 0.1) is 0 Å². The van der Waals surface area contributed by atoms with E-state index in [4.69, 9.17) is 5.73 Å². The number of carbonyl (C=O) groups is 2. The first-order chi connectivity index (χ1) is 12.0. The molecule has 0 spiro atoms. The van der Waals surface area contributed by atoms with Gasteiger partial charge in [-0.2, -0.15) is 0 Å². The number of nitrogens with zero attached hydrogens (tertiary/aromatic N) is 1. The highest BCUT2D eigenvalue weighted by Crippen LogP contribution is 2.14. The summed E-state index contributed by atoms with van der Waals surface area (Å²) in [5.41, 5.74) is 8.01. The predicted octanol–water partition coefficient (Wildman–Crippen LogP) is 4.21. The van der Waals surface area contributed by atoms with Crippen molar-refractivity contribution < 1.29 is 9.59 Å². The third kappa shape index (κ3) is 5.77. The molecular weight excluding hydrogens is 350 g/mol. The molecule has 0 radical (unpaired) electrons. The molecule has 6 heteroatoms. The van der Waals surface area contributed by atoms with Crippen LogP contribution in [0, 0.1) is 0 Å². The van der Waals surface area contributed by atoms with Crippen molar-refractivity contribution >= 4 is 35.6 Å². The largest absolute Gasteiger partial charge is 0.399 e. The van der Waals surface area contributed by atoms with Gasteiger partial charge in [-0.15, -0.1) is 12.4 Å². The van der Waals surface area contributed by atoms with Gasteiger partial charge in [0, 0.05) is 35.6 Å². The Balaban J connectivity index is 0.00000338. The quantitative estimate of drug-likeness (QED) is 0.712. The van der Waals surface area contributed by atoms with E-state index in [1.807, 2.05) is 4.90 Å². The van der Waals surface area contributed by atoms with Crippen LogP contribution in [0.25, 0.3) is 0 Å². The van der Waals surface area contributed by atoms with Crippen LogP contribution in [0.3, 0.4) is 0 Å². The van der Waals surface area contributed by atoms with Gasteiger partial charge in [-0.3, -0.25) is 9.59 Å². The summed E-state index contributed by atoms with van der Waals surface area (Å²) in [6, 6.07) is 13.8. The Morgan fingerprint density at radius 2 is 1.58 bits per heavy atom. The highest BCUT2D eigenvalue weighted by atomic mass is 35.5. The van der Waals surface area contributed by atoms with Crippen molar-refractivity contribution in [3.05, 3.63) is 59.7 Å². The van der Waals surface area contributed by atoms with Crippen molar-refractivity contribution in [2.75, 3.05) is 24.1 Å². The number of benzene rings is 2. The van der Waals surface area contributed by atoms with E-state index in [9.17, 15) is 9.59 Å². The van der Waals surface area contributed by atoms with Gasteiger partial charge in [-0.1, -0.05) is 19.9 Å². The number of rotatable bonds is 7. The number of carbonyl (C=O) groups excluding carboxylic acids is 2. The molecule has 2 amide bonds. The molecule has 0 heterocycles. The van der Waals surface area contributed by atoms with Crippen molar-refractivity contribution in [2.24, 2.45) is 0 Å². The second kappa shape index (κ2) is 10.5. The van der Waals surface area contributed by atoms with E-state index in [-0.39, 0.29) is 24.2 Å². The lowest BCUT2D eigenvalue weighted by molar-refractivity contribution is 0.0755. The molecule has 2 aromatic carbocycles. The zero-order valence-electron chi connectivity index (χ0n) is 15.2. The lowest BCUT2D eigenvalue weighted by Crippen LogP contribution is -2.32. The average Bonchev–Trinajstić information content (AvgIpc) is 2.61. The molecule has 2 rings (SSSR count). The fourth-order valence-electron chi connectivity index (χ4n) is 2.62. The third-order valence-corrected chi connectivity index (χ3v) is 3.81. The molecule has 0 saturated carbocycles. The zero-order chi connectivity index (χ0) is 18.2. The summed E-state index contributed by atoms with van der Waals surface area (Å²) in [7, 11) is 0. The van der Waals surface area contributed by atoms with E-state index < -0.39 is 0 Å². The van der Waals surface area contributed by atoms with E-state index >= 15 is 0 Å². The summed E-state index contributed by atoms with van der Waals surface area (Å²) < 4.78 is 0. The Labute approximate surface area is 161 Å². The number of nitrogen functional groups attached to an aromatic ring is 1. The average molecular weight is 376 g/mol. The molecule has 0 aromatic heterocycles. The van der Waals surface area contributed by atoms with Gasteiger partial charge in [0.1, 0.15) is 0 Å². The fraction of sp³-hybridized carbons (Fsp3) is 0.300. The molecule has 0 bridgehead atoms. The first kappa shape index (κ1) is 21.5. The Hall–Kier alpha value is -2.53. The van der Waals surface area contributed by atoms with Crippen LogP contribution in [0.15, 0.2) is 48.5 Å². The molecule has 2 aromatic rings. The normalized spacial score (nSPS) is 9.92. The first-order valence-corrected chi connectivity index (χ1v) is 8.61. The van der Waals surface area contributed by atoms with Crippen LogP contribution in [0.2, 0.25) is 0 Å². The summed E-state index contributed by atoms with van der Waals surface area (Å²) in [5, 5.41) is 2.81. The van der Waals surface area contributed by atoms with Crippen molar-refractivity contribution in [1.29, 1.82) is 0 Å². The molecule has 0 aliphatic rings. The minimum Gasteiger partial charge on any atom is -0.399 e. The van der Waals surface area contributed by atoms with Gasteiger partial charge in [-0.05, 0) is 55.3 Å². The smallest absolute Gasteiger partial charge is 0.255 e. The Kier molecular flexibility index (Phi) is 8.65. The maximum absolute atomic E-state index is 12.5. The highest BCUT2D eigenvalue weighted by molar-refractivity contribution is 6.05. The van der Waals surface area contributed by atoms with E-state index in [1.54, 1.807) is 48.5 Å². The molecule has 0 fully saturated rings. The molecule has 3 N–H and O–H groups in total. The Bertz CT molecular complexity index is 726. The number of hydrogen-bond donors (Lipinski definition) is 2. The van der Waals surface area contributed by atoms with Crippen LogP contribution < -0.4 is 11.1 Å². The van der Waals surface area contributed by atoms with Crippen molar-refractivity contribution in [1.82, 2.24) is 4.90 Å². The topological polar surface area (TPSA) is 75.4 Å². The summed E-state index contributed by atoms with van der Waals surface area (Å²) >= 11 is 0. The lowest BCUT2D eigenvalue weighted by Gasteiger charge is -2.21. The van der Waals surface area contributed by atoms with Crippen molar-refractivity contribution in [3.8, 4) is 0 Å². The van der Waals surface area contributed by atoms with Crippen LogP contribution in [0.1, 0.15) is 47.4 Å². The second-order valence-corrected chi connectivity index (χ2v) is 5.95. The van der Waals surface area contributed by atoms with E-state index in [0.717, 1.165) is 25.9 Å². The van der Waals surface area contributed by atoms with Gasteiger partial charge >= 0.3 is 0 Å². The Morgan fingerprint density at radius 1 is 0.962 bits per heavy atom. The van der Waals surface area contributed by atoms with Crippen LogP contribution in [-0.2, 0) is 0 Å². The highest BCUT2D eigenvalue weighted by Gasteiger charge is 2.14. The van der Waals surface area contributed by atoms with Crippen LogP contribution in [0.5, 0.6) is 0 Å². The van der Waals surface area contributed by atoms with Gasteiger partial charge in [-0.25, -0.2) is 0 Å². The monoisotopic (exact) mass is 375 g/mol. The predicted molar refractivity (Wildman–Crippen MR) is 109 cm³/mol. The molecule has 0 saturated heterocycles. The maximum atomic E-state index is 12.5. The van der Waals surface area contributed by atoms with E-state index in [1.165, 1.54) is 0 Å². The van der Waals surface area contributed by atoms with Gasteiger partial charge < -0.3 is 16.0 Å². The minimum absolute atomic E-state index is 0. The van der Waals surface area contributed by atoms with Gasteiger partial charge in [0.15, 0.2) is 0 Å². The molecular formula is C20H26ClN3O2. The number of hydrogen-bond acceptors (Lipinski definition) is 3. The Morgan fingerprint density at radius 3 is 2.12 bits per heavy atom. The SMILES string of the molecule is CCCN(CCC)C(=O)c1ccc(NC(=O)c2cccc(N)c2)cc1.Cl. The minimum atomic E-state index is -0.232. The van der Waals surface area contributed by atoms with Crippen LogP contribution in [0.4, 0.5) is 11.4 Å². The van der Waals surface area contributed by atoms with Crippen molar-refractivity contribution in [3.63, 3.8) is 0 Å². The number of halogens is 1. The zero-order valence-corrected chi connectivity index (χ0v) is 16.0. The molecule has 0 atom stereocenters. The number of anilines is 2. The second-order valence-electron chi connectivity index (χ2n) is 5.95. The third-order valence-electron chi connectivity index (χ3n) is 3.81. The van der Waals surface area contributed by atoms with Crippen LogP contribution in [-0.4, -0.2) is 29.8 Å². The van der Waals surface area contributed by atoms with E-state index in [2.05, 4.69) is 19.2 Å². The summed E-state index contributed by atoms with van der Waals surface area (Å²) in [4.78, 5) is 26.6. The molecule has 0 aliphatic carbocycles. The fourth-order valence-corrected chi connectivity index (χ4v) is 2.62. The number of amides is 2. The number of nitrogens with one attached hydrogen (secondary N) is 1. The van der Waals surface area contributed by atoms with E-state index in [0.29, 0.717) is 22.5 Å². The van der Waals surface area contributed by atoms with Gasteiger partial charge in [0.25, 0.3) is 11.8 Å². The summed E-state index contributed by atoms with van der Waals surface area (Å²) in [6.45, 7) is 5.62. The molecule has 0 aliphatic heterocycles. The lowest BCUT2D eigenvalue weighted by atomic mass is 10.1. The first-order valence-electron chi connectivity index (χ1n) is 8.61. The maximum Gasteiger partial charge on any atom is 0.255 e. The molecule has 140 valence electrons. The summed E-state index contributed by atoms with van der Waals surface area (Å²) in [5.74, 6) is -0.206. The standard InChI is InChI=1S/C20H25N3O2.ClH/c1-3-12-23(13-4-2)20(25)15-8-10-18(11-9-15)22-19(24)16-6-5-7-17(21)14-16;/h5-11,14H,3-4,12-13,21H2,1-2H3,(H,22,24);1H. The van der Waals surface area contributed by atoms with Crippen LogP contribution >= 0.6 is 12.4 Å². The number of nitrogens with two attached hydrogens (primary N) is 1. The van der Waals surface area contributed by atoms with Gasteiger partial charge in [0.2, 0.25) is 0 Å². The molecule has 5 nitrogen and oxygen atoms in total. The molecule has 26 heavy (non-hydrogen) atoms. The molecule has 0 unspecified atom stereocenters. The summed E-state index contributed by atoms with van der Waals surface area (Å²) in [6.07, 6.45) is 1.86.